The number of nitrogens with zero attached hydrogens (tertiary/aromatic N) is 2. The molecular formula is C9H18N2. The maximum absolute atomic E-state index is 2.55. The second-order valence-electron chi connectivity index (χ2n) is 4.05. The fourth-order valence-corrected chi connectivity index (χ4v) is 1.86. The van der Waals surface area contributed by atoms with Gasteiger partial charge in [0.15, 0.2) is 0 Å². The Bertz CT molecular complexity index is 124. The third kappa shape index (κ3) is 2.17. The number of hydrogen-bond acceptors (Lipinski definition) is 2. The lowest BCUT2D eigenvalue weighted by atomic mass is 9.97. The summed E-state index contributed by atoms with van der Waals surface area (Å²) in [5.74, 6) is 1.01. The Labute approximate surface area is 69.2 Å². The zero-order valence-electron chi connectivity index (χ0n) is 7.42. The molecule has 0 atom stereocenters. The molecule has 0 N–H and O–H groups in total. The second kappa shape index (κ2) is 3.11. The molecule has 0 aromatic carbocycles. The third-order valence-electron chi connectivity index (χ3n) is 2.89. The normalized spacial score (nSPS) is 29.2. The van der Waals surface area contributed by atoms with Crippen LogP contribution in [0.15, 0.2) is 0 Å². The second-order valence-corrected chi connectivity index (χ2v) is 4.05. The predicted octanol–water partition coefficient (Wildman–Crippen LogP) is 0.644. The number of hydrogen-bond donors (Lipinski definition) is 0. The molecule has 2 nitrogen and oxygen atoms in total. The highest BCUT2D eigenvalue weighted by Gasteiger charge is 2.24. The highest BCUT2D eigenvalue weighted by Crippen LogP contribution is 2.19. The van der Waals surface area contributed by atoms with Crippen LogP contribution in [-0.2, 0) is 0 Å². The molecule has 0 unspecified atom stereocenters. The minimum atomic E-state index is 1.01. The summed E-state index contributed by atoms with van der Waals surface area (Å²) in [6.07, 6.45) is 2.85. The first-order chi connectivity index (χ1) is 5.34. The Hall–Kier alpha value is -0.0800. The monoisotopic (exact) mass is 154 g/mol. The van der Waals surface area contributed by atoms with Crippen LogP contribution in [0, 0.1) is 5.92 Å². The first-order valence-corrected chi connectivity index (χ1v) is 4.75. The molecule has 0 bridgehead atoms. The van der Waals surface area contributed by atoms with Crippen molar-refractivity contribution < 1.29 is 0 Å². The van der Waals surface area contributed by atoms with E-state index in [9.17, 15) is 0 Å². The van der Waals surface area contributed by atoms with Crippen LogP contribution in [0.1, 0.15) is 12.8 Å². The van der Waals surface area contributed by atoms with E-state index in [2.05, 4.69) is 16.8 Å². The Morgan fingerprint density at radius 2 is 1.73 bits per heavy atom. The van der Waals surface area contributed by atoms with Crippen LogP contribution in [0.5, 0.6) is 0 Å². The summed E-state index contributed by atoms with van der Waals surface area (Å²) in [5, 5.41) is 0. The van der Waals surface area contributed by atoms with Crippen molar-refractivity contribution in [3.63, 3.8) is 0 Å². The van der Waals surface area contributed by atoms with Crippen molar-refractivity contribution in [3.8, 4) is 0 Å². The van der Waals surface area contributed by atoms with Gasteiger partial charge in [0.25, 0.3) is 0 Å². The summed E-state index contributed by atoms with van der Waals surface area (Å²) in [5.41, 5.74) is 0. The van der Waals surface area contributed by atoms with Crippen molar-refractivity contribution in [1.82, 2.24) is 9.80 Å². The van der Waals surface area contributed by atoms with Crippen molar-refractivity contribution >= 4 is 0 Å². The van der Waals surface area contributed by atoms with E-state index >= 15 is 0 Å². The van der Waals surface area contributed by atoms with Gasteiger partial charge >= 0.3 is 0 Å². The van der Waals surface area contributed by atoms with Crippen LogP contribution < -0.4 is 0 Å². The average Bonchev–Trinajstić information content (AvgIpc) is 2.78. The first-order valence-electron chi connectivity index (χ1n) is 4.75. The Balaban J connectivity index is 1.69. The van der Waals surface area contributed by atoms with E-state index in [0.29, 0.717) is 0 Å². The van der Waals surface area contributed by atoms with Gasteiger partial charge in [-0.05, 0) is 38.9 Å². The van der Waals surface area contributed by atoms with E-state index in [1.807, 2.05) is 0 Å². The topological polar surface area (TPSA) is 6.25 Å². The van der Waals surface area contributed by atoms with Crippen molar-refractivity contribution in [1.29, 1.82) is 0 Å². The number of piperidine rings is 1. The summed E-state index contributed by atoms with van der Waals surface area (Å²) in [6, 6.07) is 0. The number of likely N-dealkylation sites (tertiary alicyclic amines) is 1. The molecule has 2 saturated heterocycles. The molecule has 64 valence electrons. The highest BCUT2D eigenvalue weighted by atomic mass is 15.3. The highest BCUT2D eigenvalue weighted by molar-refractivity contribution is 4.79. The zero-order valence-corrected chi connectivity index (χ0v) is 7.42. The van der Waals surface area contributed by atoms with Gasteiger partial charge in [-0.15, -0.1) is 0 Å². The molecular weight excluding hydrogens is 136 g/mol. The smallest absolute Gasteiger partial charge is 0.0110 e. The standard InChI is InChI=1S/C9H18N2/c1-10-4-2-9(3-5-10)8-11-6-7-11/h9H,2-8H2,1H3. The molecule has 11 heavy (non-hydrogen) atoms. The van der Waals surface area contributed by atoms with Gasteiger partial charge in [-0.25, -0.2) is 0 Å². The minimum Gasteiger partial charge on any atom is -0.306 e. The molecule has 0 aromatic heterocycles. The van der Waals surface area contributed by atoms with Crippen molar-refractivity contribution in [2.45, 2.75) is 12.8 Å². The summed E-state index contributed by atoms with van der Waals surface area (Å²) >= 11 is 0. The molecule has 2 aliphatic heterocycles. The Morgan fingerprint density at radius 1 is 1.09 bits per heavy atom. The van der Waals surface area contributed by atoms with Crippen molar-refractivity contribution in [3.05, 3.63) is 0 Å². The van der Waals surface area contributed by atoms with Crippen LogP contribution in [0.4, 0.5) is 0 Å². The van der Waals surface area contributed by atoms with Gasteiger partial charge in [-0.2, -0.15) is 0 Å². The van der Waals surface area contributed by atoms with Gasteiger partial charge in [0, 0.05) is 19.6 Å². The molecule has 2 rings (SSSR count). The van der Waals surface area contributed by atoms with Gasteiger partial charge in [-0.1, -0.05) is 0 Å². The molecule has 0 saturated carbocycles. The molecule has 0 aromatic rings. The van der Waals surface area contributed by atoms with E-state index in [-0.39, 0.29) is 0 Å². The predicted molar refractivity (Wildman–Crippen MR) is 46.7 cm³/mol. The van der Waals surface area contributed by atoms with Crippen molar-refractivity contribution in [2.75, 3.05) is 39.8 Å². The summed E-state index contributed by atoms with van der Waals surface area (Å²) in [4.78, 5) is 4.99. The van der Waals surface area contributed by atoms with E-state index in [1.54, 1.807) is 0 Å². The lowest BCUT2D eigenvalue weighted by Gasteiger charge is -2.28. The largest absolute Gasteiger partial charge is 0.306 e. The molecule has 2 fully saturated rings. The zero-order chi connectivity index (χ0) is 7.68. The van der Waals surface area contributed by atoms with Gasteiger partial charge in [0.2, 0.25) is 0 Å². The van der Waals surface area contributed by atoms with E-state index in [1.165, 1.54) is 45.6 Å². The van der Waals surface area contributed by atoms with E-state index in [0.717, 1.165) is 5.92 Å². The number of rotatable bonds is 2. The van der Waals surface area contributed by atoms with Crippen LogP contribution in [0.25, 0.3) is 0 Å². The summed E-state index contributed by atoms with van der Waals surface area (Å²) in [7, 11) is 2.23. The Kier molecular flexibility index (Phi) is 2.14. The van der Waals surface area contributed by atoms with Gasteiger partial charge < -0.3 is 9.80 Å². The third-order valence-corrected chi connectivity index (χ3v) is 2.89. The summed E-state index contributed by atoms with van der Waals surface area (Å²) < 4.78 is 0. The minimum absolute atomic E-state index is 1.01. The molecule has 2 heteroatoms. The molecule has 0 radical (unpaired) electrons. The quantitative estimate of drug-likeness (QED) is 0.539. The van der Waals surface area contributed by atoms with Gasteiger partial charge in [-0.3, -0.25) is 0 Å². The van der Waals surface area contributed by atoms with Crippen LogP contribution in [0.2, 0.25) is 0 Å². The van der Waals surface area contributed by atoms with Gasteiger partial charge in [0.05, 0.1) is 0 Å². The average molecular weight is 154 g/mol. The van der Waals surface area contributed by atoms with E-state index in [4.69, 9.17) is 0 Å². The lowest BCUT2D eigenvalue weighted by molar-refractivity contribution is 0.204. The van der Waals surface area contributed by atoms with Crippen LogP contribution >= 0.6 is 0 Å². The fourth-order valence-electron chi connectivity index (χ4n) is 1.86. The summed E-state index contributed by atoms with van der Waals surface area (Å²) in [6.45, 7) is 6.75. The Morgan fingerprint density at radius 3 is 2.27 bits per heavy atom. The maximum Gasteiger partial charge on any atom is 0.0110 e. The van der Waals surface area contributed by atoms with Crippen LogP contribution in [-0.4, -0.2) is 49.6 Å². The lowest BCUT2D eigenvalue weighted by Crippen LogP contribution is -2.32. The maximum atomic E-state index is 2.55. The SMILES string of the molecule is CN1CCC(CN2CC2)CC1. The first kappa shape index (κ1) is 7.56. The van der Waals surface area contributed by atoms with Crippen molar-refractivity contribution in [2.24, 2.45) is 5.92 Å². The van der Waals surface area contributed by atoms with Gasteiger partial charge in [0.1, 0.15) is 0 Å². The molecule has 0 aliphatic carbocycles. The molecule has 2 aliphatic rings. The van der Waals surface area contributed by atoms with E-state index < -0.39 is 0 Å². The van der Waals surface area contributed by atoms with Crippen LogP contribution in [0.3, 0.4) is 0 Å². The molecule has 2 heterocycles. The molecule has 0 spiro atoms. The fraction of sp³-hybridized carbons (Fsp3) is 1.00. The molecule has 0 amide bonds.